The number of ether oxygens (including phenoxy) is 4. The van der Waals surface area contributed by atoms with Crippen molar-refractivity contribution in [1.29, 1.82) is 0 Å². The van der Waals surface area contributed by atoms with Gasteiger partial charge in [-0.25, -0.2) is 9.59 Å². The fraction of sp³-hybridized carbons (Fsp3) is 0.733. The summed E-state index contributed by atoms with van der Waals surface area (Å²) in [6, 6.07) is 0. The van der Waals surface area contributed by atoms with Gasteiger partial charge >= 0.3 is 23.9 Å². The molecule has 0 saturated heterocycles. The van der Waals surface area contributed by atoms with Crippen LogP contribution in [0.2, 0.25) is 0 Å². The molecule has 230 valence electrons. The topological polar surface area (TPSA) is 149 Å². The van der Waals surface area contributed by atoms with Crippen LogP contribution in [0.1, 0.15) is 65.2 Å². The van der Waals surface area contributed by atoms with Crippen molar-refractivity contribution < 1.29 is 48.3 Å². The van der Waals surface area contributed by atoms with Gasteiger partial charge in [-0.3, -0.25) is 14.5 Å². The summed E-state index contributed by atoms with van der Waals surface area (Å²) in [6.45, 7) is 9.55. The molecule has 41 heavy (non-hydrogen) atoms. The Morgan fingerprint density at radius 1 is 0.707 bits per heavy atom. The van der Waals surface area contributed by atoms with Gasteiger partial charge in [-0.15, -0.1) is 0 Å². The molecule has 0 aliphatic heterocycles. The van der Waals surface area contributed by atoms with Gasteiger partial charge in [0, 0.05) is 29.8 Å². The molecule has 2 N–H and O–H groups in total. The maximum absolute atomic E-state index is 12.5. The predicted molar refractivity (Wildman–Crippen MR) is 147 cm³/mol. The normalized spacial score (nSPS) is 25.7. The fourth-order valence-electron chi connectivity index (χ4n) is 6.70. The van der Waals surface area contributed by atoms with Crippen molar-refractivity contribution in [2.75, 3.05) is 39.5 Å². The standard InChI is InChI=1S/C30H45NO10/c1-19(2)28(36)40-17-24(32)15-38-26(34)5-7-31(30-12-21-9-22(13-30)11-23(10-21)14-30)8-6-27(35)39-16-25(33)18-41-29(37)20(3)4/h21-25,32-33H,1,3,5-18H2,2,4H3. The maximum Gasteiger partial charge on any atom is 0.333 e. The third-order valence-electron chi connectivity index (χ3n) is 8.23. The number of nitrogens with zero attached hydrogens (tertiary/aromatic N) is 1. The predicted octanol–water partition coefficient (Wildman–Crippen LogP) is 2.08. The van der Waals surface area contributed by atoms with E-state index in [-0.39, 0.29) is 56.0 Å². The third kappa shape index (κ3) is 9.93. The molecule has 0 aromatic rings. The van der Waals surface area contributed by atoms with Crippen molar-refractivity contribution in [2.24, 2.45) is 17.8 Å². The van der Waals surface area contributed by atoms with E-state index in [9.17, 15) is 29.4 Å². The molecule has 0 amide bonds. The highest BCUT2D eigenvalue weighted by Crippen LogP contribution is 2.57. The Morgan fingerprint density at radius 2 is 1.05 bits per heavy atom. The fourth-order valence-corrected chi connectivity index (χ4v) is 6.70. The quantitative estimate of drug-likeness (QED) is 0.148. The minimum Gasteiger partial charge on any atom is -0.463 e. The molecule has 4 fully saturated rings. The van der Waals surface area contributed by atoms with E-state index in [1.54, 1.807) is 0 Å². The average molecular weight is 580 g/mol. The summed E-state index contributed by atoms with van der Waals surface area (Å²) >= 11 is 0. The summed E-state index contributed by atoms with van der Waals surface area (Å²) in [6.07, 6.45) is 4.76. The van der Waals surface area contributed by atoms with Crippen LogP contribution in [-0.4, -0.2) is 96.3 Å². The highest BCUT2D eigenvalue weighted by molar-refractivity contribution is 5.87. The van der Waals surface area contributed by atoms with E-state index in [0.717, 1.165) is 19.3 Å². The highest BCUT2D eigenvalue weighted by atomic mass is 16.6. The molecular formula is C30H45NO10. The van der Waals surface area contributed by atoms with Gasteiger partial charge in [-0.1, -0.05) is 13.2 Å². The highest BCUT2D eigenvalue weighted by Gasteiger charge is 2.53. The largest absolute Gasteiger partial charge is 0.463 e. The monoisotopic (exact) mass is 579 g/mol. The third-order valence-corrected chi connectivity index (χ3v) is 8.23. The zero-order valence-corrected chi connectivity index (χ0v) is 24.3. The zero-order chi connectivity index (χ0) is 30.2. The van der Waals surface area contributed by atoms with Crippen molar-refractivity contribution in [3.8, 4) is 0 Å². The molecule has 4 bridgehead atoms. The number of carbonyl (C=O) groups excluding carboxylic acids is 4. The number of hydrogen-bond acceptors (Lipinski definition) is 11. The number of hydrogen-bond donors (Lipinski definition) is 2. The molecule has 0 radical (unpaired) electrons. The number of aliphatic hydroxyl groups is 2. The molecule has 11 heteroatoms. The molecule has 0 spiro atoms. The van der Waals surface area contributed by atoms with Gasteiger partial charge in [0.1, 0.15) is 38.6 Å². The summed E-state index contributed by atoms with van der Waals surface area (Å²) in [5, 5.41) is 20.0. The van der Waals surface area contributed by atoms with Gasteiger partial charge in [-0.2, -0.15) is 0 Å². The molecule has 4 rings (SSSR count). The lowest BCUT2D eigenvalue weighted by atomic mass is 9.52. The molecule has 11 nitrogen and oxygen atoms in total. The van der Waals surface area contributed by atoms with Gasteiger partial charge in [0.25, 0.3) is 0 Å². The lowest BCUT2D eigenvalue weighted by Gasteiger charge is -2.60. The summed E-state index contributed by atoms with van der Waals surface area (Å²) in [7, 11) is 0. The molecule has 4 saturated carbocycles. The Morgan fingerprint density at radius 3 is 1.39 bits per heavy atom. The van der Waals surface area contributed by atoms with E-state index < -0.39 is 36.1 Å². The Bertz CT molecular complexity index is 900. The van der Waals surface area contributed by atoms with E-state index in [1.165, 1.54) is 33.1 Å². The van der Waals surface area contributed by atoms with Crippen molar-refractivity contribution in [2.45, 2.75) is 83.0 Å². The minimum absolute atomic E-state index is 0.0676. The van der Waals surface area contributed by atoms with E-state index >= 15 is 0 Å². The molecule has 4 aliphatic rings. The van der Waals surface area contributed by atoms with Crippen LogP contribution in [0.5, 0.6) is 0 Å². The molecule has 0 aromatic heterocycles. The van der Waals surface area contributed by atoms with E-state index in [0.29, 0.717) is 30.8 Å². The first-order chi connectivity index (χ1) is 19.4. The summed E-state index contributed by atoms with van der Waals surface area (Å²) < 4.78 is 20.2. The lowest BCUT2D eigenvalue weighted by Crippen LogP contribution is -2.60. The number of esters is 4. The minimum atomic E-state index is -1.14. The first-order valence-electron chi connectivity index (χ1n) is 14.4. The van der Waals surface area contributed by atoms with Crippen LogP contribution in [0.15, 0.2) is 24.3 Å². The van der Waals surface area contributed by atoms with Crippen molar-refractivity contribution in [3.05, 3.63) is 24.3 Å². The first-order valence-corrected chi connectivity index (χ1v) is 14.4. The van der Waals surface area contributed by atoms with E-state index in [2.05, 4.69) is 18.1 Å². The van der Waals surface area contributed by atoms with Gasteiger partial charge in [0.15, 0.2) is 0 Å². The van der Waals surface area contributed by atoms with Gasteiger partial charge < -0.3 is 29.2 Å². The second kappa shape index (κ2) is 14.9. The molecular weight excluding hydrogens is 534 g/mol. The van der Waals surface area contributed by atoms with E-state index in [4.69, 9.17) is 18.9 Å². The van der Waals surface area contributed by atoms with Crippen LogP contribution in [0.3, 0.4) is 0 Å². The maximum atomic E-state index is 12.5. The van der Waals surface area contributed by atoms with Crippen LogP contribution < -0.4 is 0 Å². The van der Waals surface area contributed by atoms with Crippen LogP contribution >= 0.6 is 0 Å². The van der Waals surface area contributed by atoms with Gasteiger partial charge in [0.2, 0.25) is 0 Å². The Kier molecular flexibility index (Phi) is 11.9. The SMILES string of the molecule is C=C(C)C(=O)OCC(O)COC(=O)CCN(CCC(=O)OCC(O)COC(=O)C(=C)C)C12CC3CC(CC(C3)C1)C2. The first kappa shape index (κ1) is 32.8. The van der Waals surface area contributed by atoms with Crippen LogP contribution in [0.25, 0.3) is 0 Å². The smallest absolute Gasteiger partial charge is 0.333 e. The zero-order valence-electron chi connectivity index (χ0n) is 24.3. The second-order valence-corrected chi connectivity index (χ2v) is 12.1. The Hall–Kier alpha value is -2.76. The Balaban J connectivity index is 1.49. The molecule has 4 aliphatic carbocycles. The van der Waals surface area contributed by atoms with Crippen molar-refractivity contribution in [1.82, 2.24) is 4.90 Å². The van der Waals surface area contributed by atoms with Gasteiger partial charge in [-0.05, 0) is 70.1 Å². The molecule has 2 unspecified atom stereocenters. The summed E-state index contributed by atoms with van der Waals surface area (Å²) in [5.41, 5.74) is 0.355. The van der Waals surface area contributed by atoms with Crippen molar-refractivity contribution >= 4 is 23.9 Å². The average Bonchev–Trinajstić information content (AvgIpc) is 2.91. The molecule has 0 aromatic carbocycles. The van der Waals surface area contributed by atoms with E-state index in [1.807, 2.05) is 0 Å². The number of rotatable bonds is 17. The van der Waals surface area contributed by atoms with Gasteiger partial charge in [0.05, 0.1) is 12.8 Å². The summed E-state index contributed by atoms with van der Waals surface area (Å²) in [5.74, 6) is -0.230. The van der Waals surface area contributed by atoms with Crippen LogP contribution in [-0.2, 0) is 38.1 Å². The Labute approximate surface area is 241 Å². The summed E-state index contributed by atoms with van der Waals surface area (Å²) in [4.78, 5) is 50.3. The second-order valence-electron chi connectivity index (χ2n) is 12.1. The lowest BCUT2D eigenvalue weighted by molar-refractivity contribution is -0.152. The van der Waals surface area contributed by atoms with Crippen LogP contribution in [0.4, 0.5) is 0 Å². The van der Waals surface area contributed by atoms with Crippen molar-refractivity contribution in [3.63, 3.8) is 0 Å². The molecule has 2 atom stereocenters. The number of carbonyl (C=O) groups is 4. The van der Waals surface area contributed by atoms with Crippen LogP contribution in [0, 0.1) is 17.8 Å². The number of aliphatic hydroxyl groups excluding tert-OH is 2. The molecule has 0 heterocycles.